The smallest absolute Gasteiger partial charge is 0.252 e. The second kappa shape index (κ2) is 7.04. The van der Waals surface area contributed by atoms with E-state index in [1.165, 1.54) is 0 Å². The number of aliphatic hydroxyl groups excluding tert-OH is 1. The van der Waals surface area contributed by atoms with Crippen LogP contribution in [0.3, 0.4) is 0 Å². The molecule has 0 spiro atoms. The number of fused-ring (bicyclic) bond motifs is 1. The van der Waals surface area contributed by atoms with Crippen LogP contribution in [0, 0.1) is 5.92 Å². The fourth-order valence-electron chi connectivity index (χ4n) is 3.41. The lowest BCUT2D eigenvalue weighted by Crippen LogP contribution is -2.38. The highest BCUT2D eigenvalue weighted by molar-refractivity contribution is 6.31. The fourth-order valence-corrected chi connectivity index (χ4v) is 3.58. The molecule has 124 valence electrons. The van der Waals surface area contributed by atoms with Gasteiger partial charge >= 0.3 is 0 Å². The minimum Gasteiger partial charge on any atom is -0.393 e. The van der Waals surface area contributed by atoms with Crippen molar-refractivity contribution in [2.75, 3.05) is 13.1 Å². The van der Waals surface area contributed by atoms with E-state index in [9.17, 15) is 9.90 Å². The quantitative estimate of drug-likeness (QED) is 0.903. The van der Waals surface area contributed by atoms with Crippen LogP contribution in [0.1, 0.15) is 31.7 Å². The topological polar surface area (TPSA) is 56.3 Å². The van der Waals surface area contributed by atoms with E-state index in [1.54, 1.807) is 6.07 Å². The van der Waals surface area contributed by atoms with Crippen molar-refractivity contribution >= 4 is 22.5 Å². The number of H-pyrrole nitrogens is 1. The van der Waals surface area contributed by atoms with E-state index in [1.807, 2.05) is 25.1 Å². The molecule has 0 bridgehead atoms. The minimum absolute atomic E-state index is 0.0458. The van der Waals surface area contributed by atoms with E-state index < -0.39 is 0 Å². The van der Waals surface area contributed by atoms with Crippen LogP contribution < -0.4 is 5.56 Å². The van der Waals surface area contributed by atoms with Crippen molar-refractivity contribution in [3.63, 3.8) is 0 Å². The van der Waals surface area contributed by atoms with Crippen LogP contribution in [0.5, 0.6) is 0 Å². The summed E-state index contributed by atoms with van der Waals surface area (Å²) in [7, 11) is 0. The van der Waals surface area contributed by atoms with Gasteiger partial charge in [-0.15, -0.1) is 0 Å². The number of hydrogen-bond donors (Lipinski definition) is 2. The molecule has 1 saturated heterocycles. The molecule has 1 fully saturated rings. The molecule has 0 radical (unpaired) electrons. The first-order chi connectivity index (χ1) is 11.1. The van der Waals surface area contributed by atoms with Gasteiger partial charge in [-0.25, -0.2) is 0 Å². The van der Waals surface area contributed by atoms with Crippen LogP contribution >= 0.6 is 11.6 Å². The SMILES string of the molecule is CCC(O)C1CCN(Cc2cc3ccc(Cl)cc3[nH]c2=O)CC1. The summed E-state index contributed by atoms with van der Waals surface area (Å²) in [4.78, 5) is 17.5. The molecule has 1 unspecified atom stereocenters. The molecule has 0 aliphatic carbocycles. The number of nitrogens with one attached hydrogen (secondary N) is 1. The van der Waals surface area contributed by atoms with Gasteiger partial charge in [0.1, 0.15) is 0 Å². The average molecular weight is 335 g/mol. The first kappa shape index (κ1) is 16.5. The van der Waals surface area contributed by atoms with Gasteiger partial charge in [0.2, 0.25) is 0 Å². The number of rotatable bonds is 4. The number of aromatic nitrogens is 1. The standard InChI is InChI=1S/C18H23ClN2O2/c1-2-17(22)12-5-7-21(8-6-12)11-14-9-13-3-4-15(19)10-16(13)20-18(14)23/h3-4,9-10,12,17,22H,2,5-8,11H2,1H3,(H,20,23). The molecular formula is C18H23ClN2O2. The maximum Gasteiger partial charge on any atom is 0.252 e. The number of aliphatic hydroxyl groups is 1. The molecule has 2 heterocycles. The monoisotopic (exact) mass is 334 g/mol. The lowest BCUT2D eigenvalue weighted by atomic mass is 9.90. The second-order valence-corrected chi connectivity index (χ2v) is 6.88. The Bertz CT molecular complexity index is 735. The van der Waals surface area contributed by atoms with Gasteiger partial charge in [0, 0.05) is 22.6 Å². The predicted octanol–water partition coefficient (Wildman–Crippen LogP) is 3.16. The highest BCUT2D eigenvalue weighted by Crippen LogP contribution is 2.23. The molecule has 5 heteroatoms. The Morgan fingerprint density at radius 3 is 2.78 bits per heavy atom. The molecule has 23 heavy (non-hydrogen) atoms. The van der Waals surface area contributed by atoms with Crippen molar-refractivity contribution in [3.05, 3.63) is 45.2 Å². The zero-order valence-corrected chi connectivity index (χ0v) is 14.1. The molecule has 4 nitrogen and oxygen atoms in total. The van der Waals surface area contributed by atoms with Crippen molar-refractivity contribution in [2.24, 2.45) is 5.92 Å². The van der Waals surface area contributed by atoms with Gasteiger partial charge in [-0.05, 0) is 61.9 Å². The van der Waals surface area contributed by atoms with Gasteiger partial charge in [-0.2, -0.15) is 0 Å². The highest BCUT2D eigenvalue weighted by Gasteiger charge is 2.24. The Labute approximate surface area is 141 Å². The Kier molecular flexibility index (Phi) is 5.05. The first-order valence-electron chi connectivity index (χ1n) is 8.28. The van der Waals surface area contributed by atoms with Gasteiger partial charge in [0.15, 0.2) is 0 Å². The summed E-state index contributed by atoms with van der Waals surface area (Å²) in [6.45, 7) is 4.54. The zero-order chi connectivity index (χ0) is 16.4. The minimum atomic E-state index is -0.189. The number of pyridine rings is 1. The Morgan fingerprint density at radius 1 is 1.35 bits per heavy atom. The number of nitrogens with zero attached hydrogens (tertiary/aromatic N) is 1. The number of aromatic amines is 1. The molecule has 2 N–H and O–H groups in total. The van der Waals surface area contributed by atoms with E-state index in [0.29, 0.717) is 17.5 Å². The van der Waals surface area contributed by atoms with Gasteiger partial charge < -0.3 is 10.1 Å². The van der Waals surface area contributed by atoms with E-state index in [4.69, 9.17) is 11.6 Å². The summed E-state index contributed by atoms with van der Waals surface area (Å²) in [5, 5.41) is 11.6. The Balaban J connectivity index is 1.71. The van der Waals surface area contributed by atoms with Gasteiger partial charge in [0.25, 0.3) is 5.56 Å². The maximum atomic E-state index is 12.3. The normalized spacial score (nSPS) is 18.4. The summed E-state index contributed by atoms with van der Waals surface area (Å²) in [5.41, 5.74) is 1.51. The number of piperidine rings is 1. The summed E-state index contributed by atoms with van der Waals surface area (Å²) in [6.07, 6.45) is 2.62. The van der Waals surface area contributed by atoms with Crippen molar-refractivity contribution in [2.45, 2.75) is 38.8 Å². The van der Waals surface area contributed by atoms with E-state index in [-0.39, 0.29) is 11.7 Å². The molecule has 1 aromatic carbocycles. The Hall–Kier alpha value is -1.36. The van der Waals surface area contributed by atoms with Crippen molar-refractivity contribution < 1.29 is 5.11 Å². The summed E-state index contributed by atoms with van der Waals surface area (Å²) >= 11 is 5.97. The summed E-state index contributed by atoms with van der Waals surface area (Å²) in [5.74, 6) is 0.397. The third-order valence-corrected chi connectivity index (χ3v) is 5.11. The molecule has 3 rings (SSSR count). The molecule has 2 aromatic rings. The fraction of sp³-hybridized carbons (Fsp3) is 0.500. The zero-order valence-electron chi connectivity index (χ0n) is 13.4. The number of benzene rings is 1. The van der Waals surface area contributed by atoms with Gasteiger partial charge in [-0.3, -0.25) is 9.69 Å². The summed E-state index contributed by atoms with van der Waals surface area (Å²) in [6, 6.07) is 7.50. The molecule has 1 aliphatic heterocycles. The molecule has 1 aromatic heterocycles. The molecular weight excluding hydrogens is 312 g/mol. The van der Waals surface area contributed by atoms with Crippen LogP contribution in [-0.4, -0.2) is 34.2 Å². The lowest BCUT2D eigenvalue weighted by molar-refractivity contribution is 0.0549. The van der Waals surface area contributed by atoms with Crippen molar-refractivity contribution in [3.8, 4) is 0 Å². The second-order valence-electron chi connectivity index (χ2n) is 6.44. The lowest BCUT2D eigenvalue weighted by Gasteiger charge is -2.33. The van der Waals surface area contributed by atoms with Crippen LogP contribution in [0.2, 0.25) is 5.02 Å². The third-order valence-electron chi connectivity index (χ3n) is 4.87. The molecule has 0 amide bonds. The first-order valence-corrected chi connectivity index (χ1v) is 8.66. The predicted molar refractivity (Wildman–Crippen MR) is 93.9 cm³/mol. The average Bonchev–Trinajstić information content (AvgIpc) is 2.55. The third kappa shape index (κ3) is 3.77. The number of hydrogen-bond acceptors (Lipinski definition) is 3. The van der Waals surface area contributed by atoms with Crippen molar-refractivity contribution in [1.82, 2.24) is 9.88 Å². The molecule has 1 aliphatic rings. The van der Waals surface area contributed by atoms with Gasteiger partial charge in [0.05, 0.1) is 6.10 Å². The van der Waals surface area contributed by atoms with E-state index in [0.717, 1.165) is 48.8 Å². The highest BCUT2D eigenvalue weighted by atomic mass is 35.5. The largest absolute Gasteiger partial charge is 0.393 e. The molecule has 0 saturated carbocycles. The van der Waals surface area contributed by atoms with E-state index >= 15 is 0 Å². The van der Waals surface area contributed by atoms with E-state index in [2.05, 4.69) is 9.88 Å². The molecule has 1 atom stereocenters. The Morgan fingerprint density at radius 2 is 2.09 bits per heavy atom. The van der Waals surface area contributed by atoms with Crippen LogP contribution in [0.25, 0.3) is 10.9 Å². The van der Waals surface area contributed by atoms with Crippen molar-refractivity contribution in [1.29, 1.82) is 0 Å². The number of halogens is 1. The number of likely N-dealkylation sites (tertiary alicyclic amines) is 1. The maximum absolute atomic E-state index is 12.3. The van der Waals surface area contributed by atoms with Crippen LogP contribution in [0.4, 0.5) is 0 Å². The van der Waals surface area contributed by atoms with Gasteiger partial charge in [-0.1, -0.05) is 24.6 Å². The summed E-state index contributed by atoms with van der Waals surface area (Å²) < 4.78 is 0. The van der Waals surface area contributed by atoms with Crippen LogP contribution in [0.15, 0.2) is 29.1 Å². The van der Waals surface area contributed by atoms with Crippen LogP contribution in [-0.2, 0) is 6.54 Å².